The highest BCUT2D eigenvalue weighted by Gasteiger charge is 2.01. The second kappa shape index (κ2) is 7.42. The van der Waals surface area contributed by atoms with Gasteiger partial charge >= 0.3 is 0 Å². The molecular weight excluding hydrogens is 196 g/mol. The van der Waals surface area contributed by atoms with Crippen LogP contribution < -0.4 is 5.32 Å². The van der Waals surface area contributed by atoms with Crippen molar-refractivity contribution in [2.24, 2.45) is 0 Å². The molecule has 1 aromatic carbocycles. The molecule has 1 N–H and O–H groups in total. The van der Waals surface area contributed by atoms with Crippen molar-refractivity contribution in [2.75, 3.05) is 20.1 Å². The minimum absolute atomic E-state index is 0.630. The fourth-order valence-electron chi connectivity index (χ4n) is 1.62. The van der Waals surface area contributed by atoms with E-state index in [0.717, 1.165) is 19.6 Å². The van der Waals surface area contributed by atoms with Gasteiger partial charge in [-0.3, -0.25) is 0 Å². The zero-order chi connectivity index (χ0) is 11.8. The molecule has 2 heteroatoms. The second-order valence-corrected chi connectivity index (χ2v) is 4.49. The van der Waals surface area contributed by atoms with Gasteiger partial charge in [0.15, 0.2) is 0 Å². The summed E-state index contributed by atoms with van der Waals surface area (Å²) in [6, 6.07) is 11.2. The molecule has 0 amide bonds. The van der Waals surface area contributed by atoms with Crippen molar-refractivity contribution in [1.29, 1.82) is 0 Å². The number of hydrogen-bond donors (Lipinski definition) is 1. The number of nitrogens with one attached hydrogen (secondary N) is 1. The third-order valence-corrected chi connectivity index (χ3v) is 2.89. The first-order valence-electron chi connectivity index (χ1n) is 6.18. The Hall–Kier alpha value is -0.860. The monoisotopic (exact) mass is 220 g/mol. The highest BCUT2D eigenvalue weighted by atomic mass is 15.1. The lowest BCUT2D eigenvalue weighted by Crippen LogP contribution is -2.33. The molecule has 0 aliphatic rings. The molecular formula is C14H24N2. The summed E-state index contributed by atoms with van der Waals surface area (Å²) in [7, 11) is 2.17. The van der Waals surface area contributed by atoms with Crippen molar-refractivity contribution in [3.8, 4) is 0 Å². The van der Waals surface area contributed by atoms with Crippen molar-refractivity contribution in [1.82, 2.24) is 10.2 Å². The predicted molar refractivity (Wildman–Crippen MR) is 70.5 cm³/mol. The van der Waals surface area contributed by atoms with Gasteiger partial charge in [0.25, 0.3) is 0 Å². The second-order valence-electron chi connectivity index (χ2n) is 4.49. The number of rotatable bonds is 7. The topological polar surface area (TPSA) is 15.3 Å². The van der Waals surface area contributed by atoms with Gasteiger partial charge in [0.05, 0.1) is 0 Å². The van der Waals surface area contributed by atoms with Gasteiger partial charge in [-0.25, -0.2) is 0 Å². The van der Waals surface area contributed by atoms with Crippen LogP contribution in [-0.4, -0.2) is 31.1 Å². The summed E-state index contributed by atoms with van der Waals surface area (Å²) in [5.41, 5.74) is 1.38. The predicted octanol–water partition coefficient (Wildman–Crippen LogP) is 2.51. The Kier molecular flexibility index (Phi) is 6.12. The Morgan fingerprint density at radius 2 is 1.94 bits per heavy atom. The van der Waals surface area contributed by atoms with Crippen molar-refractivity contribution < 1.29 is 0 Å². The fraction of sp³-hybridized carbons (Fsp3) is 0.571. The van der Waals surface area contributed by atoms with Gasteiger partial charge in [-0.05, 0) is 26.0 Å². The van der Waals surface area contributed by atoms with E-state index in [1.165, 1.54) is 12.0 Å². The van der Waals surface area contributed by atoms with Gasteiger partial charge < -0.3 is 10.2 Å². The molecule has 0 saturated heterocycles. The summed E-state index contributed by atoms with van der Waals surface area (Å²) in [5.74, 6) is 0. The molecule has 1 rings (SSSR count). The SMILES string of the molecule is CCC(C)NCCN(C)Cc1ccccc1. The average Bonchev–Trinajstić information content (AvgIpc) is 2.30. The van der Waals surface area contributed by atoms with Gasteiger partial charge in [-0.2, -0.15) is 0 Å². The summed E-state index contributed by atoms with van der Waals surface area (Å²) < 4.78 is 0. The molecule has 0 saturated carbocycles. The van der Waals surface area contributed by atoms with Gasteiger partial charge in [0.1, 0.15) is 0 Å². The zero-order valence-electron chi connectivity index (χ0n) is 10.7. The first kappa shape index (κ1) is 13.2. The molecule has 90 valence electrons. The van der Waals surface area contributed by atoms with Crippen molar-refractivity contribution in [3.63, 3.8) is 0 Å². The van der Waals surface area contributed by atoms with Crippen LogP contribution >= 0.6 is 0 Å². The molecule has 0 fully saturated rings. The van der Waals surface area contributed by atoms with Crippen LogP contribution in [0.15, 0.2) is 30.3 Å². The van der Waals surface area contributed by atoms with E-state index in [1.807, 2.05) is 0 Å². The highest BCUT2D eigenvalue weighted by molar-refractivity contribution is 5.14. The summed E-state index contributed by atoms with van der Waals surface area (Å²) >= 11 is 0. The van der Waals surface area contributed by atoms with Gasteiger partial charge in [0, 0.05) is 25.7 Å². The molecule has 1 atom stereocenters. The van der Waals surface area contributed by atoms with E-state index in [0.29, 0.717) is 6.04 Å². The number of hydrogen-bond acceptors (Lipinski definition) is 2. The van der Waals surface area contributed by atoms with E-state index in [9.17, 15) is 0 Å². The molecule has 16 heavy (non-hydrogen) atoms. The molecule has 0 spiro atoms. The molecule has 0 radical (unpaired) electrons. The minimum atomic E-state index is 0.630. The molecule has 2 nitrogen and oxygen atoms in total. The Morgan fingerprint density at radius 1 is 1.25 bits per heavy atom. The van der Waals surface area contributed by atoms with Gasteiger partial charge in [0.2, 0.25) is 0 Å². The fourth-order valence-corrected chi connectivity index (χ4v) is 1.62. The first-order valence-corrected chi connectivity index (χ1v) is 6.18. The van der Waals surface area contributed by atoms with Crippen LogP contribution in [0.3, 0.4) is 0 Å². The van der Waals surface area contributed by atoms with Crippen LogP contribution in [-0.2, 0) is 6.54 Å². The van der Waals surface area contributed by atoms with E-state index >= 15 is 0 Å². The normalized spacial score (nSPS) is 13.0. The van der Waals surface area contributed by atoms with Crippen LogP contribution in [0.1, 0.15) is 25.8 Å². The average molecular weight is 220 g/mol. The lowest BCUT2D eigenvalue weighted by atomic mass is 10.2. The maximum absolute atomic E-state index is 3.51. The smallest absolute Gasteiger partial charge is 0.0231 e. The Labute approximate surface area is 99.7 Å². The van der Waals surface area contributed by atoms with Crippen molar-refractivity contribution in [2.45, 2.75) is 32.9 Å². The molecule has 1 unspecified atom stereocenters. The van der Waals surface area contributed by atoms with E-state index < -0.39 is 0 Å². The van der Waals surface area contributed by atoms with Crippen LogP contribution in [0.2, 0.25) is 0 Å². The summed E-state index contributed by atoms with van der Waals surface area (Å²) in [6.07, 6.45) is 1.20. The molecule has 0 aromatic heterocycles. The molecule has 0 bridgehead atoms. The molecule has 0 aliphatic carbocycles. The zero-order valence-corrected chi connectivity index (χ0v) is 10.7. The van der Waals surface area contributed by atoms with Crippen LogP contribution in [0.25, 0.3) is 0 Å². The largest absolute Gasteiger partial charge is 0.313 e. The summed E-state index contributed by atoms with van der Waals surface area (Å²) in [4.78, 5) is 2.35. The van der Waals surface area contributed by atoms with Crippen molar-refractivity contribution in [3.05, 3.63) is 35.9 Å². The van der Waals surface area contributed by atoms with E-state index in [-0.39, 0.29) is 0 Å². The highest BCUT2D eigenvalue weighted by Crippen LogP contribution is 2.01. The summed E-state index contributed by atoms with van der Waals surface area (Å²) in [5, 5.41) is 3.51. The Bertz CT molecular complexity index is 271. The molecule has 1 aromatic rings. The maximum atomic E-state index is 3.51. The van der Waals surface area contributed by atoms with Crippen LogP contribution in [0, 0.1) is 0 Å². The van der Waals surface area contributed by atoms with Crippen LogP contribution in [0.4, 0.5) is 0 Å². The van der Waals surface area contributed by atoms with Gasteiger partial charge in [-0.1, -0.05) is 37.3 Å². The number of benzene rings is 1. The lowest BCUT2D eigenvalue weighted by molar-refractivity contribution is 0.317. The Balaban J connectivity index is 2.19. The minimum Gasteiger partial charge on any atom is -0.313 e. The molecule has 0 aliphatic heterocycles. The Morgan fingerprint density at radius 3 is 2.56 bits per heavy atom. The van der Waals surface area contributed by atoms with E-state index in [4.69, 9.17) is 0 Å². The third-order valence-electron chi connectivity index (χ3n) is 2.89. The number of likely N-dealkylation sites (N-methyl/N-ethyl adjacent to an activating group) is 1. The van der Waals surface area contributed by atoms with E-state index in [1.54, 1.807) is 0 Å². The van der Waals surface area contributed by atoms with E-state index in [2.05, 4.69) is 61.4 Å². The maximum Gasteiger partial charge on any atom is 0.0231 e. The first-order chi connectivity index (χ1) is 7.72. The lowest BCUT2D eigenvalue weighted by Gasteiger charge is -2.18. The van der Waals surface area contributed by atoms with Gasteiger partial charge in [-0.15, -0.1) is 0 Å². The third kappa shape index (κ3) is 5.29. The molecule has 0 heterocycles. The quantitative estimate of drug-likeness (QED) is 0.759. The summed E-state index contributed by atoms with van der Waals surface area (Å²) in [6.45, 7) is 7.64. The standard InChI is InChI=1S/C14H24N2/c1-4-13(2)15-10-11-16(3)12-14-8-6-5-7-9-14/h5-9,13,15H,4,10-12H2,1-3H3. The van der Waals surface area contributed by atoms with Crippen molar-refractivity contribution >= 4 is 0 Å². The van der Waals surface area contributed by atoms with Crippen LogP contribution in [0.5, 0.6) is 0 Å². The number of nitrogens with zero attached hydrogens (tertiary/aromatic N) is 1.